The Morgan fingerprint density at radius 2 is 1.48 bits per heavy atom. The van der Waals surface area contributed by atoms with Crippen molar-refractivity contribution < 1.29 is 19.1 Å². The Balaban J connectivity index is 1.43. The fourth-order valence-electron chi connectivity index (χ4n) is 5.77. The molecular formula is C34H40N4O4. The molecule has 8 heteroatoms. The summed E-state index contributed by atoms with van der Waals surface area (Å²) in [6.07, 6.45) is 1.77. The van der Waals surface area contributed by atoms with Gasteiger partial charge in [-0.25, -0.2) is 0 Å². The van der Waals surface area contributed by atoms with Crippen LogP contribution in [-0.4, -0.2) is 53.6 Å². The van der Waals surface area contributed by atoms with Crippen LogP contribution in [-0.2, 0) is 20.9 Å². The van der Waals surface area contributed by atoms with Gasteiger partial charge in [0.1, 0.15) is 12.4 Å². The zero-order chi connectivity index (χ0) is 30.3. The molecule has 1 fully saturated rings. The third kappa shape index (κ3) is 7.24. The number of hydrogen-bond donors (Lipinski definition) is 2. The average molecular weight is 569 g/mol. The van der Waals surface area contributed by atoms with E-state index >= 15 is 0 Å². The second-order valence-corrected chi connectivity index (χ2v) is 11.5. The number of ether oxygens (including phenoxy) is 1. The van der Waals surface area contributed by atoms with Gasteiger partial charge in [-0.2, -0.15) is 0 Å². The van der Waals surface area contributed by atoms with Crippen molar-refractivity contribution in [1.82, 2.24) is 9.80 Å². The Morgan fingerprint density at radius 1 is 0.929 bits per heavy atom. The molecule has 1 saturated heterocycles. The number of amides is 2. The van der Waals surface area contributed by atoms with Crippen molar-refractivity contribution in [3.63, 3.8) is 0 Å². The zero-order valence-electron chi connectivity index (χ0n) is 24.6. The van der Waals surface area contributed by atoms with Crippen molar-refractivity contribution in [2.75, 3.05) is 20.1 Å². The van der Waals surface area contributed by atoms with Crippen molar-refractivity contribution in [3.8, 4) is 0 Å². The topological polar surface area (TPSA) is 117 Å². The highest BCUT2D eigenvalue weighted by Gasteiger charge is 2.44. The summed E-state index contributed by atoms with van der Waals surface area (Å²) in [4.78, 5) is 43.7. The Kier molecular flexibility index (Phi) is 9.78. The molecule has 3 aromatic carbocycles. The van der Waals surface area contributed by atoms with Gasteiger partial charge in [-0.15, -0.1) is 0 Å². The first kappa shape index (κ1) is 30.5. The Bertz CT molecular complexity index is 1380. The molecule has 1 aliphatic heterocycles. The van der Waals surface area contributed by atoms with Crippen LogP contribution in [0, 0.1) is 16.7 Å². The van der Waals surface area contributed by atoms with E-state index in [0.717, 1.165) is 24.0 Å². The molecule has 3 N–H and O–H groups in total. The van der Waals surface area contributed by atoms with Gasteiger partial charge in [0.2, 0.25) is 5.91 Å². The van der Waals surface area contributed by atoms with E-state index in [9.17, 15) is 14.4 Å². The molecule has 0 radical (unpaired) electrons. The number of amidine groups is 1. The van der Waals surface area contributed by atoms with Crippen LogP contribution in [0.5, 0.6) is 0 Å². The number of carbonyl (C=O) groups is 3. The fraction of sp³-hybridized carbons (Fsp3) is 0.353. The molecule has 8 nitrogen and oxygen atoms in total. The minimum absolute atomic E-state index is 0.0342. The molecule has 1 aliphatic rings. The highest BCUT2D eigenvalue weighted by Crippen LogP contribution is 2.41. The molecule has 0 aromatic heterocycles. The minimum atomic E-state index is -0.938. The number of esters is 1. The number of benzene rings is 3. The molecule has 42 heavy (non-hydrogen) atoms. The average Bonchev–Trinajstić information content (AvgIpc) is 3.00. The molecule has 1 atom stereocenters. The number of nitrogens with zero attached hydrogens (tertiary/aromatic N) is 2. The maximum absolute atomic E-state index is 14.1. The molecule has 0 saturated carbocycles. The van der Waals surface area contributed by atoms with Gasteiger partial charge in [0, 0.05) is 37.7 Å². The molecule has 1 heterocycles. The molecule has 3 aromatic rings. The number of nitrogens with two attached hydrogens (primary N) is 1. The van der Waals surface area contributed by atoms with E-state index in [1.54, 1.807) is 36.2 Å². The van der Waals surface area contributed by atoms with Crippen LogP contribution in [0.1, 0.15) is 66.2 Å². The Hall–Kier alpha value is -4.46. The normalized spacial score (nSPS) is 14.6. The number of nitrogen functional groups attached to an aromatic ring is 1. The maximum atomic E-state index is 14.1. The van der Waals surface area contributed by atoms with Crippen LogP contribution in [0.2, 0.25) is 0 Å². The molecule has 4 rings (SSSR count). The van der Waals surface area contributed by atoms with Crippen molar-refractivity contribution in [1.29, 1.82) is 5.41 Å². The van der Waals surface area contributed by atoms with Gasteiger partial charge in [-0.05, 0) is 55.9 Å². The van der Waals surface area contributed by atoms with E-state index < -0.39 is 11.5 Å². The lowest BCUT2D eigenvalue weighted by molar-refractivity contribution is -0.147. The summed E-state index contributed by atoms with van der Waals surface area (Å²) >= 11 is 0. The smallest absolute Gasteiger partial charge is 0.306 e. The predicted octanol–water partition coefficient (Wildman–Crippen LogP) is 5.18. The maximum Gasteiger partial charge on any atom is 0.306 e. The number of nitrogens with one attached hydrogen (secondary N) is 1. The van der Waals surface area contributed by atoms with Gasteiger partial charge < -0.3 is 20.3 Å². The van der Waals surface area contributed by atoms with E-state index in [4.69, 9.17) is 15.9 Å². The van der Waals surface area contributed by atoms with Gasteiger partial charge >= 0.3 is 5.97 Å². The van der Waals surface area contributed by atoms with Gasteiger partial charge in [0.25, 0.3) is 5.91 Å². The highest BCUT2D eigenvalue weighted by atomic mass is 16.5. The summed E-state index contributed by atoms with van der Waals surface area (Å²) in [5.74, 6) is -0.387. The number of rotatable bonds is 10. The SMILES string of the molecule is CN(C(=O)c1ccc(C(=N)N)cc1)C(c1ccccc1)C(C)(C)C(=O)N1CCC(CC(=O)OCc2ccccc2)CC1. The van der Waals surface area contributed by atoms with Crippen LogP contribution in [0.3, 0.4) is 0 Å². The molecule has 1 unspecified atom stereocenters. The first-order valence-electron chi connectivity index (χ1n) is 14.3. The van der Waals surface area contributed by atoms with Gasteiger partial charge in [-0.1, -0.05) is 72.8 Å². The quantitative estimate of drug-likeness (QED) is 0.199. The molecule has 0 aliphatic carbocycles. The van der Waals surface area contributed by atoms with Crippen molar-refractivity contribution >= 4 is 23.6 Å². The number of hydrogen-bond acceptors (Lipinski definition) is 5. The Morgan fingerprint density at radius 3 is 2.05 bits per heavy atom. The second-order valence-electron chi connectivity index (χ2n) is 11.5. The lowest BCUT2D eigenvalue weighted by atomic mass is 9.77. The van der Waals surface area contributed by atoms with Crippen LogP contribution in [0.4, 0.5) is 0 Å². The fourth-order valence-corrected chi connectivity index (χ4v) is 5.77. The molecular weight excluding hydrogens is 528 g/mol. The lowest BCUT2D eigenvalue weighted by Crippen LogP contribution is -2.51. The van der Waals surface area contributed by atoms with E-state index in [0.29, 0.717) is 30.6 Å². The Labute approximate surface area is 248 Å². The number of piperidine rings is 1. The van der Waals surface area contributed by atoms with Crippen LogP contribution in [0.25, 0.3) is 0 Å². The van der Waals surface area contributed by atoms with E-state index in [1.165, 1.54) is 0 Å². The standard InChI is InChI=1S/C34H40N4O4/c1-34(2,33(41)38-20-18-24(19-21-38)22-29(39)42-23-25-10-6-4-7-11-25)30(26-12-8-5-9-13-26)37(3)32(40)28-16-14-27(15-17-28)31(35)36/h4-17,24,30H,18-23H2,1-3H3,(H3,35,36). The highest BCUT2D eigenvalue weighted by molar-refractivity contribution is 5.98. The van der Waals surface area contributed by atoms with Gasteiger partial charge in [0.05, 0.1) is 11.5 Å². The number of likely N-dealkylation sites (tertiary alicyclic amines) is 1. The lowest BCUT2D eigenvalue weighted by Gasteiger charge is -2.43. The van der Waals surface area contributed by atoms with E-state index in [-0.39, 0.29) is 36.1 Å². The minimum Gasteiger partial charge on any atom is -0.461 e. The molecule has 220 valence electrons. The second kappa shape index (κ2) is 13.5. The van der Waals surface area contributed by atoms with Crippen LogP contribution >= 0.6 is 0 Å². The first-order chi connectivity index (χ1) is 20.1. The van der Waals surface area contributed by atoms with E-state index in [1.807, 2.05) is 79.4 Å². The predicted molar refractivity (Wildman–Crippen MR) is 163 cm³/mol. The largest absolute Gasteiger partial charge is 0.461 e. The number of carbonyl (C=O) groups excluding carboxylic acids is 3. The summed E-state index contributed by atoms with van der Waals surface area (Å²) in [5, 5.41) is 7.62. The first-order valence-corrected chi connectivity index (χ1v) is 14.3. The third-order valence-corrected chi connectivity index (χ3v) is 8.10. The van der Waals surface area contributed by atoms with Crippen LogP contribution in [0.15, 0.2) is 84.9 Å². The van der Waals surface area contributed by atoms with Crippen molar-refractivity contribution in [3.05, 3.63) is 107 Å². The summed E-state index contributed by atoms with van der Waals surface area (Å²) in [7, 11) is 1.72. The van der Waals surface area contributed by atoms with Crippen LogP contribution < -0.4 is 5.73 Å². The summed E-state index contributed by atoms with van der Waals surface area (Å²) in [6, 6.07) is 25.3. The summed E-state index contributed by atoms with van der Waals surface area (Å²) in [5.41, 5.74) is 7.45. The van der Waals surface area contributed by atoms with E-state index in [2.05, 4.69) is 0 Å². The third-order valence-electron chi connectivity index (χ3n) is 8.10. The van der Waals surface area contributed by atoms with Gasteiger partial charge in [0.15, 0.2) is 0 Å². The summed E-state index contributed by atoms with van der Waals surface area (Å²) in [6.45, 7) is 5.14. The van der Waals surface area contributed by atoms with Gasteiger partial charge in [-0.3, -0.25) is 19.8 Å². The van der Waals surface area contributed by atoms with Crippen molar-refractivity contribution in [2.24, 2.45) is 17.1 Å². The molecule has 2 amide bonds. The molecule has 0 bridgehead atoms. The summed E-state index contributed by atoms with van der Waals surface area (Å²) < 4.78 is 5.47. The zero-order valence-corrected chi connectivity index (χ0v) is 24.6. The van der Waals surface area contributed by atoms with Crippen molar-refractivity contribution in [2.45, 2.75) is 45.8 Å². The molecule has 0 spiro atoms. The monoisotopic (exact) mass is 568 g/mol.